The standard InChI is InChI=1S/C21H26O4/c1-4-15(3)14-24-21(23)18-8-6-16(7-9-18)17-10-12-19(13-11-17)25-20(22)5-2/h5-13,15,20-23H,2,4,14H2,1,3H3. The predicted molar refractivity (Wildman–Crippen MR) is 99.1 cm³/mol. The first-order valence-electron chi connectivity index (χ1n) is 8.50. The molecule has 4 heteroatoms. The van der Waals surface area contributed by atoms with Crippen LogP contribution >= 0.6 is 0 Å². The molecule has 0 aliphatic rings. The summed E-state index contributed by atoms with van der Waals surface area (Å²) in [5.41, 5.74) is 2.77. The summed E-state index contributed by atoms with van der Waals surface area (Å²) in [6, 6.07) is 15.0. The van der Waals surface area contributed by atoms with Crippen molar-refractivity contribution >= 4 is 0 Å². The summed E-state index contributed by atoms with van der Waals surface area (Å²) in [7, 11) is 0. The van der Waals surface area contributed by atoms with Gasteiger partial charge in [0.25, 0.3) is 0 Å². The summed E-state index contributed by atoms with van der Waals surface area (Å²) < 4.78 is 10.7. The summed E-state index contributed by atoms with van der Waals surface area (Å²) in [5, 5.41) is 19.5. The highest BCUT2D eigenvalue weighted by Crippen LogP contribution is 2.25. The van der Waals surface area contributed by atoms with E-state index in [1.54, 1.807) is 12.1 Å². The number of aliphatic hydroxyl groups excluding tert-OH is 2. The van der Waals surface area contributed by atoms with E-state index >= 15 is 0 Å². The fourth-order valence-electron chi connectivity index (χ4n) is 2.22. The summed E-state index contributed by atoms with van der Waals surface area (Å²) in [6.45, 7) is 8.20. The van der Waals surface area contributed by atoms with Crippen molar-refractivity contribution in [2.45, 2.75) is 32.8 Å². The molecular formula is C21H26O4. The van der Waals surface area contributed by atoms with Crippen molar-refractivity contribution in [2.24, 2.45) is 5.92 Å². The zero-order valence-corrected chi connectivity index (χ0v) is 14.8. The minimum atomic E-state index is -1.01. The van der Waals surface area contributed by atoms with Gasteiger partial charge in [0.1, 0.15) is 5.75 Å². The van der Waals surface area contributed by atoms with Gasteiger partial charge >= 0.3 is 0 Å². The van der Waals surface area contributed by atoms with E-state index in [1.165, 1.54) is 6.08 Å². The van der Waals surface area contributed by atoms with Crippen LogP contribution in [0.3, 0.4) is 0 Å². The van der Waals surface area contributed by atoms with E-state index in [9.17, 15) is 10.2 Å². The maximum absolute atomic E-state index is 10.1. The average Bonchev–Trinajstić information content (AvgIpc) is 2.66. The van der Waals surface area contributed by atoms with Gasteiger partial charge < -0.3 is 19.7 Å². The molecule has 0 aliphatic heterocycles. The maximum atomic E-state index is 10.1. The van der Waals surface area contributed by atoms with E-state index < -0.39 is 12.6 Å². The van der Waals surface area contributed by atoms with Crippen LogP contribution in [0.1, 0.15) is 32.1 Å². The number of rotatable bonds is 9. The molecule has 0 amide bonds. The van der Waals surface area contributed by atoms with Crippen LogP contribution in [0.25, 0.3) is 11.1 Å². The molecule has 0 aliphatic carbocycles. The average molecular weight is 342 g/mol. The fraction of sp³-hybridized carbons (Fsp3) is 0.333. The fourth-order valence-corrected chi connectivity index (χ4v) is 2.22. The highest BCUT2D eigenvalue weighted by molar-refractivity contribution is 5.64. The molecule has 0 heterocycles. The van der Waals surface area contributed by atoms with E-state index in [2.05, 4.69) is 20.4 Å². The Kier molecular flexibility index (Phi) is 7.19. The number of ether oxygens (including phenoxy) is 2. The van der Waals surface area contributed by atoms with Crippen molar-refractivity contribution in [1.29, 1.82) is 0 Å². The molecule has 3 unspecified atom stereocenters. The van der Waals surface area contributed by atoms with Gasteiger partial charge in [-0.3, -0.25) is 0 Å². The van der Waals surface area contributed by atoms with Gasteiger partial charge in [0.15, 0.2) is 6.29 Å². The second-order valence-corrected chi connectivity index (χ2v) is 6.09. The highest BCUT2D eigenvalue weighted by atomic mass is 16.6. The molecule has 25 heavy (non-hydrogen) atoms. The van der Waals surface area contributed by atoms with Crippen LogP contribution in [-0.4, -0.2) is 23.1 Å². The van der Waals surface area contributed by atoms with Crippen molar-refractivity contribution in [3.05, 3.63) is 66.7 Å². The van der Waals surface area contributed by atoms with E-state index in [0.717, 1.165) is 23.1 Å². The first kappa shape index (κ1) is 19.2. The molecule has 3 atom stereocenters. The van der Waals surface area contributed by atoms with Gasteiger partial charge in [0, 0.05) is 5.56 Å². The number of benzene rings is 2. The van der Waals surface area contributed by atoms with Crippen LogP contribution in [0.5, 0.6) is 5.75 Å². The zero-order valence-electron chi connectivity index (χ0n) is 14.8. The maximum Gasteiger partial charge on any atom is 0.216 e. The smallest absolute Gasteiger partial charge is 0.216 e. The van der Waals surface area contributed by atoms with Gasteiger partial charge in [0.2, 0.25) is 6.29 Å². The quantitative estimate of drug-likeness (QED) is 0.527. The van der Waals surface area contributed by atoms with Crippen LogP contribution in [0.4, 0.5) is 0 Å². The highest BCUT2D eigenvalue weighted by Gasteiger charge is 2.10. The van der Waals surface area contributed by atoms with Gasteiger partial charge in [0.05, 0.1) is 6.61 Å². The Hall–Kier alpha value is -2.14. The topological polar surface area (TPSA) is 58.9 Å². The van der Waals surface area contributed by atoms with Crippen molar-refractivity contribution in [3.8, 4) is 16.9 Å². The summed E-state index contributed by atoms with van der Waals surface area (Å²) in [6.07, 6.45) is 0.428. The van der Waals surface area contributed by atoms with Gasteiger partial charge in [-0.2, -0.15) is 0 Å². The van der Waals surface area contributed by atoms with Gasteiger partial charge in [-0.1, -0.05) is 63.2 Å². The van der Waals surface area contributed by atoms with Crippen molar-refractivity contribution in [3.63, 3.8) is 0 Å². The Balaban J connectivity index is 2.00. The van der Waals surface area contributed by atoms with Crippen LogP contribution in [0.2, 0.25) is 0 Å². The Morgan fingerprint density at radius 1 is 1.00 bits per heavy atom. The third-order valence-corrected chi connectivity index (χ3v) is 4.08. The molecule has 2 N–H and O–H groups in total. The summed E-state index contributed by atoms with van der Waals surface area (Å²) in [5.74, 6) is 0.996. The lowest BCUT2D eigenvalue weighted by Gasteiger charge is -2.16. The molecule has 0 radical (unpaired) electrons. The molecule has 2 aromatic carbocycles. The van der Waals surface area contributed by atoms with Crippen molar-refractivity contribution < 1.29 is 19.7 Å². The first-order valence-corrected chi connectivity index (χ1v) is 8.50. The van der Waals surface area contributed by atoms with Gasteiger partial charge in [-0.25, -0.2) is 0 Å². The molecule has 4 nitrogen and oxygen atoms in total. The molecule has 0 spiro atoms. The molecular weight excluding hydrogens is 316 g/mol. The van der Waals surface area contributed by atoms with Crippen molar-refractivity contribution in [2.75, 3.05) is 6.61 Å². The van der Waals surface area contributed by atoms with Crippen LogP contribution in [0.15, 0.2) is 61.2 Å². The first-order chi connectivity index (χ1) is 12.0. The van der Waals surface area contributed by atoms with Crippen LogP contribution in [0, 0.1) is 5.92 Å². The SMILES string of the molecule is C=CC(O)Oc1ccc(-c2ccc(C(O)OCC(C)CC)cc2)cc1. The van der Waals surface area contributed by atoms with E-state index in [-0.39, 0.29) is 0 Å². The second-order valence-electron chi connectivity index (χ2n) is 6.09. The Bertz CT molecular complexity index is 649. The largest absolute Gasteiger partial charge is 0.461 e. The third kappa shape index (κ3) is 5.71. The van der Waals surface area contributed by atoms with Crippen LogP contribution < -0.4 is 4.74 Å². The molecule has 0 saturated heterocycles. The lowest BCUT2D eigenvalue weighted by atomic mass is 10.0. The summed E-state index contributed by atoms with van der Waals surface area (Å²) in [4.78, 5) is 0. The Labute approximate surface area is 149 Å². The lowest BCUT2D eigenvalue weighted by Crippen LogP contribution is -2.10. The normalized spacial score (nSPS) is 14.6. The predicted octanol–water partition coefficient (Wildman–Crippen LogP) is 4.29. The lowest BCUT2D eigenvalue weighted by molar-refractivity contribution is -0.112. The minimum Gasteiger partial charge on any atom is -0.461 e. The third-order valence-electron chi connectivity index (χ3n) is 4.08. The van der Waals surface area contributed by atoms with E-state index in [0.29, 0.717) is 18.3 Å². The summed E-state index contributed by atoms with van der Waals surface area (Å²) >= 11 is 0. The second kappa shape index (κ2) is 9.37. The molecule has 0 saturated carbocycles. The molecule has 0 fully saturated rings. The monoisotopic (exact) mass is 342 g/mol. The minimum absolute atomic E-state index is 0.425. The molecule has 2 aromatic rings. The molecule has 2 rings (SSSR count). The van der Waals surface area contributed by atoms with E-state index in [1.807, 2.05) is 36.4 Å². The van der Waals surface area contributed by atoms with Crippen molar-refractivity contribution in [1.82, 2.24) is 0 Å². The molecule has 0 bridgehead atoms. The molecule has 134 valence electrons. The van der Waals surface area contributed by atoms with Gasteiger partial charge in [-0.15, -0.1) is 0 Å². The van der Waals surface area contributed by atoms with Crippen LogP contribution in [-0.2, 0) is 4.74 Å². The molecule has 0 aromatic heterocycles. The van der Waals surface area contributed by atoms with E-state index in [4.69, 9.17) is 9.47 Å². The van der Waals surface area contributed by atoms with Gasteiger partial charge in [-0.05, 0) is 35.3 Å². The number of hydrogen-bond acceptors (Lipinski definition) is 4. The zero-order chi connectivity index (χ0) is 18.2. The number of aliphatic hydroxyl groups is 2. The Morgan fingerprint density at radius 3 is 2.08 bits per heavy atom. The Morgan fingerprint density at radius 2 is 1.56 bits per heavy atom. The number of hydrogen-bond donors (Lipinski definition) is 2.